The van der Waals surface area contributed by atoms with Crippen molar-refractivity contribution in [2.45, 2.75) is 32.4 Å². The second-order valence-electron chi connectivity index (χ2n) is 5.94. The number of esters is 1. The molecule has 138 valence electrons. The number of amides is 2. The van der Waals surface area contributed by atoms with Gasteiger partial charge >= 0.3 is 5.97 Å². The molecule has 25 heavy (non-hydrogen) atoms. The van der Waals surface area contributed by atoms with Gasteiger partial charge in [-0.25, -0.2) is 4.39 Å². The Balaban J connectivity index is 2.70. The van der Waals surface area contributed by atoms with Gasteiger partial charge in [-0.1, -0.05) is 26.0 Å². The average molecular weight is 353 g/mol. The molecule has 0 heterocycles. The second-order valence-corrected chi connectivity index (χ2v) is 5.94. The van der Waals surface area contributed by atoms with Crippen LogP contribution in [0.3, 0.4) is 0 Å². The van der Waals surface area contributed by atoms with Crippen LogP contribution in [0.15, 0.2) is 24.3 Å². The lowest BCUT2D eigenvalue weighted by Gasteiger charge is -2.19. The Kier molecular flexibility index (Phi) is 8.00. The van der Waals surface area contributed by atoms with E-state index in [1.165, 1.54) is 31.4 Å². The lowest BCUT2D eigenvalue weighted by atomic mass is 10.0. The van der Waals surface area contributed by atoms with Crippen molar-refractivity contribution in [3.63, 3.8) is 0 Å². The zero-order chi connectivity index (χ0) is 19.0. The molecule has 0 spiro atoms. The fourth-order valence-corrected chi connectivity index (χ4v) is 2.03. The van der Waals surface area contributed by atoms with Gasteiger partial charge in [0.1, 0.15) is 5.82 Å². The van der Waals surface area contributed by atoms with Gasteiger partial charge in [-0.3, -0.25) is 14.4 Å². The predicted octanol–water partition coefficient (Wildman–Crippen LogP) is 0.646. The number of nitrogens with two attached hydrogens (primary N) is 1. The van der Waals surface area contributed by atoms with E-state index >= 15 is 0 Å². The van der Waals surface area contributed by atoms with Gasteiger partial charge in [-0.2, -0.15) is 0 Å². The maximum Gasteiger partial charge on any atom is 0.307 e. The summed E-state index contributed by atoms with van der Waals surface area (Å²) in [6, 6.07) is 3.99. The summed E-state index contributed by atoms with van der Waals surface area (Å²) in [5, 5.41) is 5.07. The first-order valence-corrected chi connectivity index (χ1v) is 7.89. The Bertz CT molecular complexity index is 604. The Morgan fingerprint density at radius 3 is 2.32 bits per heavy atom. The van der Waals surface area contributed by atoms with E-state index in [0.717, 1.165) is 0 Å². The molecule has 0 radical (unpaired) electrons. The average Bonchev–Trinajstić information content (AvgIpc) is 2.58. The molecule has 0 saturated heterocycles. The number of benzene rings is 1. The normalized spacial score (nSPS) is 13.0. The molecule has 2 amide bonds. The third kappa shape index (κ3) is 6.88. The van der Waals surface area contributed by atoms with Crippen LogP contribution in [-0.2, 0) is 19.1 Å². The van der Waals surface area contributed by atoms with E-state index in [2.05, 4.69) is 15.4 Å². The van der Waals surface area contributed by atoms with E-state index in [1.54, 1.807) is 13.8 Å². The van der Waals surface area contributed by atoms with E-state index in [0.29, 0.717) is 5.56 Å². The summed E-state index contributed by atoms with van der Waals surface area (Å²) in [6.07, 6.45) is -0.118. The summed E-state index contributed by atoms with van der Waals surface area (Å²) in [6.45, 7) is 3.31. The summed E-state index contributed by atoms with van der Waals surface area (Å²) < 4.78 is 17.7. The summed E-state index contributed by atoms with van der Waals surface area (Å²) in [5.41, 5.74) is 6.24. The number of hydrogen-bond donors (Lipinski definition) is 3. The molecule has 0 aliphatic heterocycles. The van der Waals surface area contributed by atoms with Crippen LogP contribution >= 0.6 is 0 Å². The molecule has 8 heteroatoms. The van der Waals surface area contributed by atoms with Gasteiger partial charge in [0.05, 0.1) is 32.2 Å². The molecule has 0 aliphatic rings. The molecular weight excluding hydrogens is 329 g/mol. The number of methoxy groups -OCH3 is 1. The van der Waals surface area contributed by atoms with Crippen LogP contribution in [0.2, 0.25) is 0 Å². The smallest absolute Gasteiger partial charge is 0.307 e. The molecule has 0 saturated carbocycles. The van der Waals surface area contributed by atoms with Crippen LogP contribution in [0.1, 0.15) is 31.9 Å². The molecule has 0 fully saturated rings. The van der Waals surface area contributed by atoms with Crippen molar-refractivity contribution >= 4 is 17.8 Å². The highest BCUT2D eigenvalue weighted by atomic mass is 19.1. The monoisotopic (exact) mass is 353 g/mol. The van der Waals surface area contributed by atoms with E-state index in [-0.39, 0.29) is 18.9 Å². The van der Waals surface area contributed by atoms with Crippen LogP contribution in [0.5, 0.6) is 0 Å². The van der Waals surface area contributed by atoms with Gasteiger partial charge in [-0.05, 0) is 23.6 Å². The zero-order valence-electron chi connectivity index (χ0n) is 14.5. The fraction of sp³-hybridized carbons (Fsp3) is 0.471. The van der Waals surface area contributed by atoms with Crippen molar-refractivity contribution in [2.24, 2.45) is 11.7 Å². The molecule has 1 unspecified atom stereocenters. The number of carbonyl (C=O) groups excluding carboxylic acids is 3. The van der Waals surface area contributed by atoms with Crippen LogP contribution in [0.4, 0.5) is 4.39 Å². The zero-order valence-corrected chi connectivity index (χ0v) is 14.5. The quantitative estimate of drug-likeness (QED) is 0.594. The summed E-state index contributed by atoms with van der Waals surface area (Å²) in [5.74, 6) is -1.95. The Labute approximate surface area is 146 Å². The van der Waals surface area contributed by atoms with E-state index < -0.39 is 35.7 Å². The molecular formula is C17H24FN3O4. The van der Waals surface area contributed by atoms with Crippen molar-refractivity contribution < 1.29 is 23.5 Å². The first-order chi connectivity index (χ1) is 11.7. The highest BCUT2D eigenvalue weighted by Crippen LogP contribution is 2.18. The molecule has 0 bridgehead atoms. The van der Waals surface area contributed by atoms with Crippen molar-refractivity contribution in [1.82, 2.24) is 10.6 Å². The second kappa shape index (κ2) is 9.73. The van der Waals surface area contributed by atoms with Crippen LogP contribution in [-0.4, -0.2) is 37.5 Å². The maximum absolute atomic E-state index is 13.1. The van der Waals surface area contributed by atoms with Gasteiger partial charge < -0.3 is 21.1 Å². The molecule has 7 nitrogen and oxygen atoms in total. The summed E-state index contributed by atoms with van der Waals surface area (Å²) in [7, 11) is 1.24. The van der Waals surface area contributed by atoms with Crippen LogP contribution in [0, 0.1) is 11.7 Å². The van der Waals surface area contributed by atoms with Crippen molar-refractivity contribution in [3.8, 4) is 0 Å². The molecule has 0 aliphatic carbocycles. The van der Waals surface area contributed by atoms with Gasteiger partial charge in [-0.15, -0.1) is 0 Å². The van der Waals surface area contributed by atoms with Gasteiger partial charge in [0.15, 0.2) is 0 Å². The highest BCUT2D eigenvalue weighted by Gasteiger charge is 2.21. The maximum atomic E-state index is 13.1. The molecule has 0 aromatic heterocycles. The minimum Gasteiger partial charge on any atom is -0.469 e. The van der Waals surface area contributed by atoms with Crippen molar-refractivity contribution in [1.29, 1.82) is 0 Å². The molecule has 2 atom stereocenters. The number of hydrogen-bond acceptors (Lipinski definition) is 5. The number of rotatable bonds is 8. The summed E-state index contributed by atoms with van der Waals surface area (Å²) in [4.78, 5) is 35.4. The topological polar surface area (TPSA) is 111 Å². The van der Waals surface area contributed by atoms with Crippen molar-refractivity contribution in [2.75, 3.05) is 13.7 Å². The van der Waals surface area contributed by atoms with Crippen LogP contribution < -0.4 is 16.4 Å². The third-order valence-corrected chi connectivity index (χ3v) is 3.65. The van der Waals surface area contributed by atoms with Crippen molar-refractivity contribution in [3.05, 3.63) is 35.6 Å². The third-order valence-electron chi connectivity index (χ3n) is 3.65. The summed E-state index contributed by atoms with van der Waals surface area (Å²) >= 11 is 0. The first kappa shape index (κ1) is 20.6. The van der Waals surface area contributed by atoms with E-state index in [1.807, 2.05) is 0 Å². The molecule has 4 N–H and O–H groups in total. The number of nitrogens with one attached hydrogen (secondary N) is 2. The Morgan fingerprint density at radius 1 is 1.20 bits per heavy atom. The first-order valence-electron chi connectivity index (χ1n) is 7.89. The van der Waals surface area contributed by atoms with Gasteiger partial charge in [0.2, 0.25) is 11.8 Å². The van der Waals surface area contributed by atoms with Gasteiger partial charge in [0.25, 0.3) is 0 Å². The fourth-order valence-electron chi connectivity index (χ4n) is 2.03. The largest absolute Gasteiger partial charge is 0.469 e. The standard InChI is InChI=1S/C17H24FN3O4/c1-10(2)16(19)17(24)20-9-14(22)21-13(8-15(23)25-3)11-4-6-12(18)7-5-11/h4-7,10,13,16H,8-9,19H2,1-3H3,(H,20,24)(H,21,22)/t13?,16-/m0/s1. The SMILES string of the molecule is COC(=O)CC(NC(=O)CNC(=O)[C@@H](N)C(C)C)c1ccc(F)cc1. The van der Waals surface area contributed by atoms with Crippen LogP contribution in [0.25, 0.3) is 0 Å². The highest BCUT2D eigenvalue weighted by molar-refractivity contribution is 5.87. The molecule has 1 aromatic carbocycles. The minimum absolute atomic E-state index is 0.0608. The van der Waals surface area contributed by atoms with E-state index in [9.17, 15) is 18.8 Å². The Hall–Kier alpha value is -2.48. The van der Waals surface area contributed by atoms with Gasteiger partial charge in [0, 0.05) is 0 Å². The van der Waals surface area contributed by atoms with E-state index in [4.69, 9.17) is 5.73 Å². The Morgan fingerprint density at radius 2 is 1.80 bits per heavy atom. The number of ether oxygens (including phenoxy) is 1. The molecule has 1 rings (SSSR count). The predicted molar refractivity (Wildman–Crippen MR) is 89.7 cm³/mol. The lowest BCUT2D eigenvalue weighted by Crippen LogP contribution is -2.47. The molecule has 1 aromatic rings. The number of halogens is 1. The number of carbonyl (C=O) groups is 3. The minimum atomic E-state index is -0.712. The lowest BCUT2D eigenvalue weighted by molar-refractivity contribution is -0.141.